The summed E-state index contributed by atoms with van der Waals surface area (Å²) in [7, 11) is 0. The fraction of sp³-hybridized carbons (Fsp3) is 0.917. The minimum absolute atomic E-state index is 0.288. The van der Waals surface area contributed by atoms with Crippen LogP contribution in [0.3, 0.4) is 0 Å². The largest absolute Gasteiger partial charge is 0.481 e. The minimum Gasteiger partial charge on any atom is -0.481 e. The van der Waals surface area contributed by atoms with Gasteiger partial charge in [-0.1, -0.05) is 32.1 Å². The maximum absolute atomic E-state index is 10.3. The molecule has 0 heterocycles. The van der Waals surface area contributed by atoms with Gasteiger partial charge in [0.25, 0.3) is 0 Å². The molecule has 3 heteroatoms. The number of nitrogens with one attached hydrogen (secondary N) is 1. The van der Waals surface area contributed by atoms with E-state index in [0.29, 0.717) is 0 Å². The molecule has 1 rings (SSSR count). The van der Waals surface area contributed by atoms with Gasteiger partial charge in [0.05, 0.1) is 0 Å². The third kappa shape index (κ3) is 6.50. The molecule has 15 heavy (non-hydrogen) atoms. The molecule has 0 bridgehead atoms. The zero-order valence-electron chi connectivity index (χ0n) is 9.50. The van der Waals surface area contributed by atoms with Crippen molar-refractivity contribution in [2.45, 2.75) is 51.4 Å². The van der Waals surface area contributed by atoms with Crippen LogP contribution < -0.4 is 5.32 Å². The molecular formula is C12H23NO2. The zero-order chi connectivity index (χ0) is 10.9. The summed E-state index contributed by atoms with van der Waals surface area (Å²) >= 11 is 0. The van der Waals surface area contributed by atoms with Gasteiger partial charge in [0.2, 0.25) is 0 Å². The summed E-state index contributed by atoms with van der Waals surface area (Å²) in [6.07, 6.45) is 9.34. The predicted molar refractivity (Wildman–Crippen MR) is 60.9 cm³/mol. The average molecular weight is 213 g/mol. The fourth-order valence-electron chi connectivity index (χ4n) is 2.27. The highest BCUT2D eigenvalue weighted by atomic mass is 16.4. The van der Waals surface area contributed by atoms with Crippen LogP contribution in [0, 0.1) is 5.92 Å². The molecule has 1 fully saturated rings. The van der Waals surface area contributed by atoms with E-state index in [2.05, 4.69) is 5.32 Å². The number of hydrogen-bond donors (Lipinski definition) is 2. The molecule has 1 aliphatic rings. The maximum Gasteiger partial charge on any atom is 0.303 e. The van der Waals surface area contributed by atoms with Crippen molar-refractivity contribution >= 4 is 5.97 Å². The second-order valence-electron chi connectivity index (χ2n) is 4.54. The Balaban J connectivity index is 1.85. The average Bonchev–Trinajstić information content (AvgIpc) is 2.24. The second kappa shape index (κ2) is 7.69. The van der Waals surface area contributed by atoms with Crippen molar-refractivity contribution in [3.05, 3.63) is 0 Å². The van der Waals surface area contributed by atoms with Gasteiger partial charge in [-0.15, -0.1) is 0 Å². The summed E-state index contributed by atoms with van der Waals surface area (Å²) in [5, 5.41) is 11.8. The van der Waals surface area contributed by atoms with Gasteiger partial charge in [-0.25, -0.2) is 0 Å². The van der Waals surface area contributed by atoms with E-state index >= 15 is 0 Å². The third-order valence-corrected chi connectivity index (χ3v) is 3.20. The molecule has 0 aromatic rings. The number of carbonyl (C=O) groups is 1. The van der Waals surface area contributed by atoms with Crippen molar-refractivity contribution in [1.29, 1.82) is 0 Å². The van der Waals surface area contributed by atoms with E-state index < -0.39 is 5.97 Å². The van der Waals surface area contributed by atoms with Crippen molar-refractivity contribution in [2.24, 2.45) is 5.92 Å². The van der Waals surface area contributed by atoms with Gasteiger partial charge in [-0.3, -0.25) is 4.79 Å². The van der Waals surface area contributed by atoms with Crippen molar-refractivity contribution < 1.29 is 9.90 Å². The topological polar surface area (TPSA) is 49.3 Å². The predicted octanol–water partition coefficient (Wildman–Crippen LogP) is 2.41. The SMILES string of the molecule is O=C(O)CCCNCCC1CCCCC1. The molecule has 1 aliphatic carbocycles. The van der Waals surface area contributed by atoms with E-state index in [1.807, 2.05) is 0 Å². The van der Waals surface area contributed by atoms with Crippen LogP contribution in [-0.2, 0) is 4.79 Å². The molecule has 1 saturated carbocycles. The first-order valence-corrected chi connectivity index (χ1v) is 6.21. The van der Waals surface area contributed by atoms with Crippen LogP contribution >= 0.6 is 0 Å². The summed E-state index contributed by atoms with van der Waals surface area (Å²) in [4.78, 5) is 10.3. The van der Waals surface area contributed by atoms with Gasteiger partial charge in [-0.05, 0) is 31.8 Å². The van der Waals surface area contributed by atoms with Crippen LogP contribution in [-0.4, -0.2) is 24.2 Å². The molecule has 0 aromatic carbocycles. The van der Waals surface area contributed by atoms with Gasteiger partial charge in [0, 0.05) is 6.42 Å². The van der Waals surface area contributed by atoms with Gasteiger partial charge in [0.15, 0.2) is 0 Å². The Kier molecular flexibility index (Phi) is 6.41. The van der Waals surface area contributed by atoms with Crippen LogP contribution in [0.15, 0.2) is 0 Å². The highest BCUT2D eigenvalue weighted by Gasteiger charge is 2.12. The molecule has 0 unspecified atom stereocenters. The van der Waals surface area contributed by atoms with E-state index in [0.717, 1.165) is 25.4 Å². The van der Waals surface area contributed by atoms with Crippen molar-refractivity contribution in [3.8, 4) is 0 Å². The molecule has 0 spiro atoms. The van der Waals surface area contributed by atoms with E-state index in [9.17, 15) is 4.79 Å². The molecule has 0 amide bonds. The highest BCUT2D eigenvalue weighted by molar-refractivity contribution is 5.66. The van der Waals surface area contributed by atoms with Gasteiger partial charge >= 0.3 is 5.97 Å². The molecule has 0 aliphatic heterocycles. The molecule has 0 atom stereocenters. The lowest BCUT2D eigenvalue weighted by atomic mass is 9.87. The smallest absolute Gasteiger partial charge is 0.303 e. The minimum atomic E-state index is -0.691. The lowest BCUT2D eigenvalue weighted by Crippen LogP contribution is -2.21. The molecule has 0 aromatic heterocycles. The quantitative estimate of drug-likeness (QED) is 0.638. The summed E-state index contributed by atoms with van der Waals surface area (Å²) in [5.41, 5.74) is 0. The number of hydrogen-bond acceptors (Lipinski definition) is 2. The van der Waals surface area contributed by atoms with Crippen LogP contribution in [0.1, 0.15) is 51.4 Å². The standard InChI is InChI=1S/C12H23NO2/c14-12(15)7-4-9-13-10-8-11-5-2-1-3-6-11/h11,13H,1-10H2,(H,14,15). The first kappa shape index (κ1) is 12.5. The number of carboxylic acid groups (broad SMARTS) is 1. The lowest BCUT2D eigenvalue weighted by Gasteiger charge is -2.21. The maximum atomic E-state index is 10.3. The second-order valence-corrected chi connectivity index (χ2v) is 4.54. The number of aliphatic carboxylic acids is 1. The lowest BCUT2D eigenvalue weighted by molar-refractivity contribution is -0.137. The van der Waals surface area contributed by atoms with Crippen molar-refractivity contribution in [1.82, 2.24) is 5.32 Å². The fourth-order valence-corrected chi connectivity index (χ4v) is 2.27. The van der Waals surface area contributed by atoms with E-state index in [-0.39, 0.29) is 6.42 Å². The summed E-state index contributed by atoms with van der Waals surface area (Å²) in [6.45, 7) is 1.91. The molecule has 2 N–H and O–H groups in total. The number of carboxylic acids is 1. The highest BCUT2D eigenvalue weighted by Crippen LogP contribution is 2.25. The van der Waals surface area contributed by atoms with Crippen LogP contribution in [0.4, 0.5) is 0 Å². The first-order chi connectivity index (χ1) is 7.29. The van der Waals surface area contributed by atoms with Gasteiger partial charge in [-0.2, -0.15) is 0 Å². The monoisotopic (exact) mass is 213 g/mol. The Hall–Kier alpha value is -0.570. The van der Waals surface area contributed by atoms with Crippen LogP contribution in [0.25, 0.3) is 0 Å². The Morgan fingerprint density at radius 2 is 1.93 bits per heavy atom. The number of rotatable bonds is 7. The van der Waals surface area contributed by atoms with E-state index in [1.54, 1.807) is 0 Å². The molecule has 88 valence electrons. The van der Waals surface area contributed by atoms with E-state index in [4.69, 9.17) is 5.11 Å². The van der Waals surface area contributed by atoms with Crippen molar-refractivity contribution in [3.63, 3.8) is 0 Å². The van der Waals surface area contributed by atoms with Crippen LogP contribution in [0.2, 0.25) is 0 Å². The summed E-state index contributed by atoms with van der Waals surface area (Å²) < 4.78 is 0. The summed E-state index contributed by atoms with van der Waals surface area (Å²) in [5.74, 6) is 0.231. The molecule has 3 nitrogen and oxygen atoms in total. The Bertz CT molecular complexity index is 176. The Labute approximate surface area is 92.3 Å². The zero-order valence-corrected chi connectivity index (χ0v) is 9.50. The Morgan fingerprint density at radius 1 is 1.20 bits per heavy atom. The van der Waals surface area contributed by atoms with Gasteiger partial charge in [0.1, 0.15) is 0 Å². The van der Waals surface area contributed by atoms with Crippen LogP contribution in [0.5, 0.6) is 0 Å². The first-order valence-electron chi connectivity index (χ1n) is 6.21. The van der Waals surface area contributed by atoms with E-state index in [1.165, 1.54) is 38.5 Å². The Morgan fingerprint density at radius 3 is 2.60 bits per heavy atom. The van der Waals surface area contributed by atoms with Crippen molar-refractivity contribution in [2.75, 3.05) is 13.1 Å². The normalized spacial score (nSPS) is 17.9. The molecule has 0 radical (unpaired) electrons. The molecule has 0 saturated heterocycles. The van der Waals surface area contributed by atoms with Gasteiger partial charge < -0.3 is 10.4 Å². The third-order valence-electron chi connectivity index (χ3n) is 3.20. The summed E-state index contributed by atoms with van der Waals surface area (Å²) in [6, 6.07) is 0. The molecular weight excluding hydrogens is 190 g/mol.